The molecule has 1 saturated heterocycles. The molecule has 1 unspecified atom stereocenters. The second-order valence-corrected chi connectivity index (χ2v) is 9.55. The number of hydrogen-bond acceptors (Lipinski definition) is 4. The first-order valence-electron chi connectivity index (χ1n) is 10.4. The molecule has 0 radical (unpaired) electrons. The highest BCUT2D eigenvalue weighted by Crippen LogP contribution is 2.24. The van der Waals surface area contributed by atoms with E-state index in [1.807, 2.05) is 30.3 Å². The first-order chi connectivity index (χ1) is 15.3. The number of nitrogens with zero attached hydrogens (tertiary/aromatic N) is 2. The molecule has 2 N–H and O–H groups in total. The number of carbonyl (C=O) groups is 2. The summed E-state index contributed by atoms with van der Waals surface area (Å²) in [4.78, 5) is 24.7. The monoisotopic (exact) mass is 457 g/mol. The highest BCUT2D eigenvalue weighted by atomic mass is 32.2. The molecule has 2 aromatic carbocycles. The Morgan fingerprint density at radius 3 is 2.44 bits per heavy atom. The first kappa shape index (κ1) is 23.5. The molecule has 0 saturated carbocycles. The lowest BCUT2D eigenvalue weighted by Gasteiger charge is -2.25. The van der Waals surface area contributed by atoms with Crippen molar-refractivity contribution < 1.29 is 23.1 Å². The number of benzene rings is 2. The van der Waals surface area contributed by atoms with Gasteiger partial charge in [-0.2, -0.15) is 4.31 Å². The summed E-state index contributed by atoms with van der Waals surface area (Å²) in [7, 11) is -3.79. The zero-order valence-corrected chi connectivity index (χ0v) is 18.5. The van der Waals surface area contributed by atoms with E-state index in [0.29, 0.717) is 25.1 Å². The van der Waals surface area contributed by atoms with Gasteiger partial charge in [-0.25, -0.2) is 13.2 Å². The van der Waals surface area contributed by atoms with E-state index in [-0.39, 0.29) is 29.9 Å². The molecule has 3 rings (SSSR count). The van der Waals surface area contributed by atoms with Gasteiger partial charge in [0.15, 0.2) is 0 Å². The normalized spacial score (nSPS) is 17.2. The van der Waals surface area contributed by atoms with Gasteiger partial charge in [0.1, 0.15) is 0 Å². The Kier molecular flexibility index (Phi) is 7.66. The molecule has 0 bridgehead atoms. The quantitative estimate of drug-likeness (QED) is 0.621. The van der Waals surface area contributed by atoms with Crippen LogP contribution in [0, 0.1) is 0 Å². The van der Waals surface area contributed by atoms with E-state index in [1.54, 1.807) is 0 Å². The van der Waals surface area contributed by atoms with E-state index in [9.17, 15) is 23.1 Å². The third kappa shape index (κ3) is 5.74. The van der Waals surface area contributed by atoms with Crippen LogP contribution >= 0.6 is 0 Å². The van der Waals surface area contributed by atoms with Gasteiger partial charge in [-0.15, -0.1) is 0 Å². The number of carbonyl (C=O) groups excluding carboxylic acids is 1. The van der Waals surface area contributed by atoms with Crippen LogP contribution in [-0.4, -0.2) is 49.0 Å². The largest absolute Gasteiger partial charge is 0.465 e. The number of sulfonamides is 1. The second kappa shape index (κ2) is 10.4. The smallest absolute Gasteiger partial charge is 0.412 e. The summed E-state index contributed by atoms with van der Waals surface area (Å²) < 4.78 is 27.8. The van der Waals surface area contributed by atoms with Crippen LogP contribution in [0.4, 0.5) is 10.5 Å². The molecule has 1 atom stereocenters. The molecule has 0 spiro atoms. The van der Waals surface area contributed by atoms with E-state index in [0.717, 1.165) is 12.0 Å². The summed E-state index contributed by atoms with van der Waals surface area (Å²) in [6.45, 7) is 4.13. The lowest BCUT2D eigenvalue weighted by Crippen LogP contribution is -2.44. The molecule has 170 valence electrons. The Morgan fingerprint density at radius 2 is 1.81 bits per heavy atom. The fraction of sp³-hybridized carbons (Fsp3) is 0.304. The maximum absolute atomic E-state index is 13.2. The molecule has 32 heavy (non-hydrogen) atoms. The number of anilines is 1. The second-order valence-electron chi connectivity index (χ2n) is 7.62. The van der Waals surface area contributed by atoms with Gasteiger partial charge in [0.2, 0.25) is 15.9 Å². The zero-order valence-electron chi connectivity index (χ0n) is 17.7. The van der Waals surface area contributed by atoms with Crippen molar-refractivity contribution in [1.29, 1.82) is 0 Å². The van der Waals surface area contributed by atoms with E-state index in [2.05, 4.69) is 11.9 Å². The molecular formula is C23H27N3O5S. The average molecular weight is 458 g/mol. The minimum Gasteiger partial charge on any atom is -0.465 e. The SMILES string of the molecule is C=CC(=O)NC1CCCCN(S(=O)(=O)c2ccc(N(Cc3ccccc3)C(=O)O)cc2)C1. The molecule has 2 amide bonds. The van der Waals surface area contributed by atoms with Crippen LogP contribution in [0.3, 0.4) is 0 Å². The van der Waals surface area contributed by atoms with Crippen molar-refractivity contribution in [2.75, 3.05) is 18.0 Å². The summed E-state index contributed by atoms with van der Waals surface area (Å²) in [6, 6.07) is 14.7. The van der Waals surface area contributed by atoms with E-state index in [4.69, 9.17) is 0 Å². The molecule has 1 heterocycles. The summed E-state index contributed by atoms with van der Waals surface area (Å²) in [6.07, 6.45) is 2.24. The summed E-state index contributed by atoms with van der Waals surface area (Å²) >= 11 is 0. The number of amides is 2. The Bertz CT molecular complexity index is 1050. The van der Waals surface area contributed by atoms with Crippen LogP contribution < -0.4 is 10.2 Å². The summed E-state index contributed by atoms with van der Waals surface area (Å²) in [5.41, 5.74) is 1.20. The van der Waals surface area contributed by atoms with Crippen molar-refractivity contribution in [3.05, 3.63) is 72.8 Å². The number of nitrogens with one attached hydrogen (secondary N) is 1. The van der Waals surface area contributed by atoms with Gasteiger partial charge in [0.05, 0.1) is 11.4 Å². The molecule has 2 aromatic rings. The van der Waals surface area contributed by atoms with Crippen LogP contribution in [0.2, 0.25) is 0 Å². The fourth-order valence-electron chi connectivity index (χ4n) is 3.69. The van der Waals surface area contributed by atoms with E-state index in [1.165, 1.54) is 39.5 Å². The van der Waals surface area contributed by atoms with E-state index < -0.39 is 16.1 Å². The minimum atomic E-state index is -3.79. The maximum Gasteiger partial charge on any atom is 0.412 e. The Morgan fingerprint density at radius 1 is 1.12 bits per heavy atom. The molecule has 1 aliphatic heterocycles. The van der Waals surface area contributed by atoms with Crippen LogP contribution in [0.5, 0.6) is 0 Å². The lowest BCUT2D eigenvalue weighted by molar-refractivity contribution is -0.117. The van der Waals surface area contributed by atoms with E-state index >= 15 is 0 Å². The van der Waals surface area contributed by atoms with Crippen molar-refractivity contribution in [2.24, 2.45) is 0 Å². The standard InChI is InChI=1S/C23H27N3O5S/c1-2-22(27)24-19-10-6-7-15-25(17-19)32(30,31)21-13-11-20(12-14-21)26(23(28)29)16-18-8-4-3-5-9-18/h2-5,8-9,11-14,19H,1,6-7,10,15-17H2,(H,24,27)(H,28,29). The molecular weight excluding hydrogens is 430 g/mol. The Labute approximate surface area is 188 Å². The molecule has 1 aliphatic rings. The minimum absolute atomic E-state index is 0.0852. The van der Waals surface area contributed by atoms with Gasteiger partial charge >= 0.3 is 6.09 Å². The number of rotatable bonds is 7. The Hall–Kier alpha value is -3.17. The fourth-order valence-corrected chi connectivity index (χ4v) is 5.21. The predicted molar refractivity (Wildman–Crippen MR) is 122 cm³/mol. The zero-order chi connectivity index (χ0) is 23.1. The van der Waals surface area contributed by atoms with Crippen molar-refractivity contribution in [3.8, 4) is 0 Å². The Balaban J connectivity index is 1.79. The average Bonchev–Trinajstić information content (AvgIpc) is 3.04. The lowest BCUT2D eigenvalue weighted by atomic mass is 10.1. The van der Waals surface area contributed by atoms with Gasteiger partial charge in [-0.05, 0) is 48.7 Å². The van der Waals surface area contributed by atoms with Crippen LogP contribution in [0.15, 0.2) is 72.1 Å². The summed E-state index contributed by atoms with van der Waals surface area (Å²) in [5, 5.41) is 12.4. The number of carboxylic acid groups (broad SMARTS) is 1. The van der Waals surface area contributed by atoms with Crippen molar-refractivity contribution in [1.82, 2.24) is 9.62 Å². The predicted octanol–water partition coefficient (Wildman–Crippen LogP) is 3.22. The molecule has 8 nitrogen and oxygen atoms in total. The van der Waals surface area contributed by atoms with Gasteiger partial charge in [0.25, 0.3) is 0 Å². The summed E-state index contributed by atoms with van der Waals surface area (Å²) in [5.74, 6) is -0.328. The van der Waals surface area contributed by atoms with Crippen molar-refractivity contribution >= 4 is 27.7 Å². The molecule has 0 aliphatic carbocycles. The third-order valence-electron chi connectivity index (χ3n) is 5.37. The van der Waals surface area contributed by atoms with Crippen LogP contribution in [0.1, 0.15) is 24.8 Å². The molecule has 9 heteroatoms. The van der Waals surface area contributed by atoms with Crippen LogP contribution in [0.25, 0.3) is 0 Å². The molecule has 1 fully saturated rings. The number of hydrogen-bond donors (Lipinski definition) is 2. The highest BCUT2D eigenvalue weighted by molar-refractivity contribution is 7.89. The van der Waals surface area contributed by atoms with Gasteiger partial charge < -0.3 is 10.4 Å². The van der Waals surface area contributed by atoms with Gasteiger partial charge in [-0.3, -0.25) is 9.69 Å². The van der Waals surface area contributed by atoms with Gasteiger partial charge in [0, 0.05) is 24.8 Å². The third-order valence-corrected chi connectivity index (χ3v) is 7.25. The van der Waals surface area contributed by atoms with Crippen molar-refractivity contribution in [2.45, 2.75) is 36.7 Å². The van der Waals surface area contributed by atoms with Gasteiger partial charge in [-0.1, -0.05) is 43.3 Å². The van der Waals surface area contributed by atoms with Crippen LogP contribution in [-0.2, 0) is 21.4 Å². The molecule has 0 aromatic heterocycles. The highest BCUT2D eigenvalue weighted by Gasteiger charge is 2.29. The van der Waals surface area contributed by atoms with Crippen molar-refractivity contribution in [3.63, 3.8) is 0 Å². The first-order valence-corrected chi connectivity index (χ1v) is 11.8. The topological polar surface area (TPSA) is 107 Å². The maximum atomic E-state index is 13.2.